The number of hydrogen-bond acceptors (Lipinski definition) is 13. The van der Waals surface area contributed by atoms with Gasteiger partial charge in [0.15, 0.2) is 6.29 Å². The van der Waals surface area contributed by atoms with Crippen LogP contribution in [-0.4, -0.2) is 119 Å². The summed E-state index contributed by atoms with van der Waals surface area (Å²) in [6, 6.07) is -0.880. The molecule has 0 aromatic rings. The zero-order valence-corrected chi connectivity index (χ0v) is 38.5. The van der Waals surface area contributed by atoms with Gasteiger partial charge in [0.25, 0.3) is 0 Å². The van der Waals surface area contributed by atoms with Crippen LogP contribution >= 0.6 is 11.8 Å². The fraction of sp³-hybridized carbons (Fsp3) is 0.935. The second kappa shape index (κ2) is 39.1. The Bertz CT molecular complexity index is 1040. The number of carbonyl (C=O) groups excluding carboxylic acids is 3. The molecule has 0 aromatic carbocycles. The molecule has 1 amide bonds. The molecule has 1 fully saturated rings. The molecule has 60 heavy (non-hydrogen) atoms. The second-order valence-corrected chi connectivity index (χ2v) is 17.9. The first-order chi connectivity index (χ1) is 29.1. The lowest BCUT2D eigenvalue weighted by Crippen LogP contribution is -2.44. The molecular weight excluding hydrogens is 789 g/mol. The zero-order valence-electron chi connectivity index (χ0n) is 37.7. The van der Waals surface area contributed by atoms with Gasteiger partial charge >= 0.3 is 11.9 Å². The molecule has 1 rings (SSSR count). The van der Waals surface area contributed by atoms with Gasteiger partial charge in [0, 0.05) is 30.9 Å². The Balaban J connectivity index is 2.39. The van der Waals surface area contributed by atoms with Crippen LogP contribution in [0.1, 0.15) is 194 Å². The van der Waals surface area contributed by atoms with Gasteiger partial charge in [0.2, 0.25) is 5.91 Å². The molecule has 1 saturated heterocycles. The summed E-state index contributed by atoms with van der Waals surface area (Å²) in [5.74, 6) is -0.527. The summed E-state index contributed by atoms with van der Waals surface area (Å²) in [5.41, 5.74) is 6.12. The van der Waals surface area contributed by atoms with E-state index in [0.29, 0.717) is 18.6 Å². The van der Waals surface area contributed by atoms with Crippen LogP contribution in [0, 0.1) is 0 Å². The molecule has 14 heteroatoms. The number of nitrogens with one attached hydrogen (secondary N) is 1. The van der Waals surface area contributed by atoms with Crippen molar-refractivity contribution in [3.63, 3.8) is 0 Å². The largest absolute Gasteiger partial charge is 0.462 e. The van der Waals surface area contributed by atoms with E-state index in [2.05, 4.69) is 19.2 Å². The number of amides is 1. The van der Waals surface area contributed by atoms with Gasteiger partial charge in [-0.15, -0.1) is 0 Å². The van der Waals surface area contributed by atoms with Gasteiger partial charge in [0.05, 0.1) is 19.3 Å². The molecule has 7 atom stereocenters. The molecule has 0 saturated carbocycles. The van der Waals surface area contributed by atoms with Gasteiger partial charge in [0.1, 0.15) is 37.1 Å². The minimum absolute atomic E-state index is 0.0434. The Labute approximate surface area is 367 Å². The predicted octanol–water partition coefficient (Wildman–Crippen LogP) is 7.40. The molecular formula is C46H88N2O11S. The molecule has 0 bridgehead atoms. The Morgan fingerprint density at radius 2 is 1.12 bits per heavy atom. The molecule has 1 aliphatic rings. The van der Waals surface area contributed by atoms with E-state index in [9.17, 15) is 29.7 Å². The zero-order chi connectivity index (χ0) is 44.1. The van der Waals surface area contributed by atoms with Crippen molar-refractivity contribution >= 4 is 29.6 Å². The number of aliphatic hydroxyl groups excluding tert-OH is 4. The van der Waals surface area contributed by atoms with Crippen molar-refractivity contribution in [1.82, 2.24) is 5.32 Å². The van der Waals surface area contributed by atoms with Crippen LogP contribution < -0.4 is 11.1 Å². The third kappa shape index (κ3) is 29.7. The van der Waals surface area contributed by atoms with Crippen LogP contribution in [0.2, 0.25) is 0 Å². The minimum Gasteiger partial charge on any atom is -0.462 e. The maximum Gasteiger partial charge on any atom is 0.306 e. The van der Waals surface area contributed by atoms with Gasteiger partial charge in [-0.05, 0) is 12.8 Å². The standard InChI is InChI=1S/C46H88N2O11S/c1-3-5-7-9-11-13-15-17-19-21-23-25-27-29-40(51)57-34-37(58-41(52)30-28-26-24-22-20-18-16-14-12-10-8-6-4-2)35-60-36-38(47)45(55)48-31-32-56-46-43(54)42(53)44(59-46)39(50)33-49/h37-39,42-44,46,49-50,53-54H,3-36,47H2,1-2H3,(H,48,55)/t37-,38+,39-,42-,43-,44+,46+/m1/s1. The summed E-state index contributed by atoms with van der Waals surface area (Å²) in [5, 5.41) is 41.7. The summed E-state index contributed by atoms with van der Waals surface area (Å²) >= 11 is 1.33. The Hall–Kier alpha value is -1.52. The summed E-state index contributed by atoms with van der Waals surface area (Å²) in [6.45, 7) is 3.77. The number of thioether (sulfide) groups is 1. The predicted molar refractivity (Wildman–Crippen MR) is 239 cm³/mol. The lowest BCUT2D eigenvalue weighted by molar-refractivity contribution is -0.179. The maximum atomic E-state index is 12.8. The molecule has 0 aromatic heterocycles. The van der Waals surface area contributed by atoms with Crippen LogP contribution in [0.5, 0.6) is 0 Å². The third-order valence-corrected chi connectivity index (χ3v) is 12.3. The number of unbranched alkanes of at least 4 members (excludes halogenated alkanes) is 24. The summed E-state index contributed by atoms with van der Waals surface area (Å²) in [4.78, 5) is 38.1. The highest BCUT2D eigenvalue weighted by atomic mass is 32.2. The average molecular weight is 877 g/mol. The highest BCUT2D eigenvalue weighted by Crippen LogP contribution is 2.24. The van der Waals surface area contributed by atoms with Crippen molar-refractivity contribution in [2.45, 2.75) is 236 Å². The van der Waals surface area contributed by atoms with Crippen molar-refractivity contribution < 1.29 is 53.8 Å². The average Bonchev–Trinajstić information content (AvgIpc) is 3.53. The molecule has 354 valence electrons. The molecule has 0 spiro atoms. The number of esters is 2. The molecule has 13 nitrogen and oxygen atoms in total. The SMILES string of the molecule is CCCCCCCCCCCCCCCC(=O)OC[C@H](CSC[C@H](N)C(=O)NCCO[C@H]1O[C@@H]([C@H](O)CO)[C@H](O)[C@H]1O)OC(=O)CCCCCCCCCCCCCCC. The van der Waals surface area contributed by atoms with Gasteiger partial charge < -0.3 is 50.4 Å². The minimum atomic E-state index is -1.44. The maximum absolute atomic E-state index is 12.8. The van der Waals surface area contributed by atoms with Crippen LogP contribution in [0.4, 0.5) is 0 Å². The lowest BCUT2D eigenvalue weighted by Gasteiger charge is -2.19. The lowest BCUT2D eigenvalue weighted by atomic mass is 10.0. The molecule has 0 aliphatic carbocycles. The molecule has 1 heterocycles. The molecule has 7 N–H and O–H groups in total. The van der Waals surface area contributed by atoms with E-state index in [0.717, 1.165) is 38.5 Å². The van der Waals surface area contributed by atoms with Crippen LogP contribution in [0.15, 0.2) is 0 Å². The number of carbonyl (C=O) groups is 3. The normalized spacial score (nSPS) is 19.2. The van der Waals surface area contributed by atoms with Crippen molar-refractivity contribution in [3.8, 4) is 0 Å². The second-order valence-electron chi connectivity index (χ2n) is 16.8. The number of ether oxygens (including phenoxy) is 4. The monoisotopic (exact) mass is 877 g/mol. The van der Waals surface area contributed by atoms with E-state index in [-0.39, 0.29) is 37.4 Å². The van der Waals surface area contributed by atoms with Crippen molar-refractivity contribution in [3.05, 3.63) is 0 Å². The van der Waals surface area contributed by atoms with E-state index in [4.69, 9.17) is 29.8 Å². The number of rotatable bonds is 42. The highest BCUT2D eigenvalue weighted by molar-refractivity contribution is 7.99. The van der Waals surface area contributed by atoms with Crippen LogP contribution in [-0.2, 0) is 33.3 Å². The topological polar surface area (TPSA) is 207 Å². The third-order valence-electron chi connectivity index (χ3n) is 11.1. The summed E-state index contributed by atoms with van der Waals surface area (Å²) in [6.07, 6.45) is 25.1. The molecule has 1 aliphatic heterocycles. The van der Waals surface area contributed by atoms with Crippen molar-refractivity contribution in [2.24, 2.45) is 5.73 Å². The van der Waals surface area contributed by atoms with Gasteiger partial charge in [-0.3, -0.25) is 14.4 Å². The number of aliphatic hydroxyl groups is 4. The van der Waals surface area contributed by atoms with Crippen molar-refractivity contribution in [2.75, 3.05) is 37.9 Å². The van der Waals surface area contributed by atoms with Crippen molar-refractivity contribution in [1.29, 1.82) is 0 Å². The van der Waals surface area contributed by atoms with E-state index in [1.807, 2.05) is 0 Å². The van der Waals surface area contributed by atoms with E-state index >= 15 is 0 Å². The van der Waals surface area contributed by atoms with E-state index in [1.54, 1.807) is 0 Å². The van der Waals surface area contributed by atoms with Crippen LogP contribution in [0.25, 0.3) is 0 Å². The first-order valence-corrected chi connectivity index (χ1v) is 25.2. The Kier molecular flexibility index (Phi) is 36.8. The van der Waals surface area contributed by atoms with Gasteiger partial charge in [-0.25, -0.2) is 0 Å². The van der Waals surface area contributed by atoms with E-state index in [1.165, 1.54) is 140 Å². The Morgan fingerprint density at radius 3 is 1.58 bits per heavy atom. The Morgan fingerprint density at radius 1 is 0.667 bits per heavy atom. The van der Waals surface area contributed by atoms with E-state index < -0.39 is 55.4 Å². The highest BCUT2D eigenvalue weighted by Gasteiger charge is 2.46. The summed E-state index contributed by atoms with van der Waals surface area (Å²) < 4.78 is 22.1. The molecule has 0 radical (unpaired) electrons. The van der Waals surface area contributed by atoms with Gasteiger partial charge in [-0.1, -0.05) is 168 Å². The first-order valence-electron chi connectivity index (χ1n) is 24.0. The quantitative estimate of drug-likeness (QED) is 0.0262. The van der Waals surface area contributed by atoms with Gasteiger partial charge in [-0.2, -0.15) is 11.8 Å². The first kappa shape index (κ1) is 56.5. The summed E-state index contributed by atoms with van der Waals surface area (Å²) in [7, 11) is 0. The van der Waals surface area contributed by atoms with Crippen LogP contribution in [0.3, 0.4) is 0 Å². The molecule has 0 unspecified atom stereocenters. The number of hydrogen-bond donors (Lipinski definition) is 6. The fourth-order valence-corrected chi connectivity index (χ4v) is 8.28. The number of nitrogens with two attached hydrogens (primary N) is 1. The fourth-order valence-electron chi connectivity index (χ4n) is 7.31. The smallest absolute Gasteiger partial charge is 0.306 e.